The first-order valence-electron chi connectivity index (χ1n) is 6.62. The Bertz CT molecular complexity index is 702. The van der Waals surface area contributed by atoms with E-state index in [4.69, 9.17) is 9.84 Å². The third-order valence-electron chi connectivity index (χ3n) is 3.97. The molecule has 5 atom stereocenters. The van der Waals surface area contributed by atoms with Crippen molar-refractivity contribution in [2.24, 2.45) is 0 Å². The number of hydrogen-bond acceptors (Lipinski definition) is 6. The smallest absolute Gasteiger partial charge is 0.328 e. The highest BCUT2D eigenvalue weighted by Gasteiger charge is 2.59. The van der Waals surface area contributed by atoms with Crippen molar-refractivity contribution >= 4 is 0 Å². The summed E-state index contributed by atoms with van der Waals surface area (Å²) in [5, 5.41) is 28.6. The molecule has 1 saturated carbocycles. The van der Waals surface area contributed by atoms with E-state index in [9.17, 15) is 28.6 Å². The van der Waals surface area contributed by atoms with E-state index in [2.05, 4.69) is 0 Å². The lowest BCUT2D eigenvalue weighted by molar-refractivity contribution is -0.0234. The molecule has 1 aromatic heterocycles. The van der Waals surface area contributed by atoms with Gasteiger partial charge in [-0.2, -0.15) is 0 Å². The van der Waals surface area contributed by atoms with Crippen LogP contribution in [0.25, 0.3) is 0 Å². The Morgan fingerprint density at radius 2 is 2.00 bits per heavy atom. The zero-order valence-electron chi connectivity index (χ0n) is 11.1. The number of ether oxygens (including phenoxy) is 1. The molecule has 0 aromatic carbocycles. The summed E-state index contributed by atoms with van der Waals surface area (Å²) in [7, 11) is 0. The molecule has 2 heterocycles. The molecule has 2 fully saturated rings. The number of rotatable bonds is 3. The normalized spacial score (nSPS) is 36.5. The molecule has 8 nitrogen and oxygen atoms in total. The fraction of sp³-hybridized carbons (Fsp3) is 0.667. The molecule has 3 rings (SSSR count). The van der Waals surface area contributed by atoms with Gasteiger partial charge < -0.3 is 20.1 Å². The number of aromatic nitrogens is 2. The lowest BCUT2D eigenvalue weighted by Gasteiger charge is -2.15. The molecule has 4 N–H and O–H groups in total. The van der Waals surface area contributed by atoms with Gasteiger partial charge in [0.1, 0.15) is 30.5 Å². The highest BCUT2D eigenvalue weighted by Crippen LogP contribution is 2.51. The average Bonchev–Trinajstić information content (AvgIpc) is 2.98. The Hall–Kier alpha value is -1.62. The van der Waals surface area contributed by atoms with E-state index in [1.165, 1.54) is 0 Å². The van der Waals surface area contributed by atoms with Gasteiger partial charge in [-0.25, -0.2) is 13.6 Å². The van der Waals surface area contributed by atoms with E-state index in [-0.39, 0.29) is 5.56 Å². The third kappa shape index (κ3) is 2.28. The Kier molecular flexibility index (Phi) is 3.44. The summed E-state index contributed by atoms with van der Waals surface area (Å²) in [5.41, 5.74) is -2.15. The highest BCUT2D eigenvalue weighted by atomic mass is 19.3. The van der Waals surface area contributed by atoms with Crippen LogP contribution in [0.2, 0.25) is 0 Å². The second-order valence-electron chi connectivity index (χ2n) is 5.49. The standard InChI is InChI=1S/C12H14F2N2O6/c13-12(14)1-6(12)16-2-4(10(20)15-11(16)21)9-8(19)7(18)5(3-17)22-9/h2,5-9,17-19H,1,3H2,(H,15,20,21)/t5-,6?,7?,8?,9+/m1/s1. The van der Waals surface area contributed by atoms with Crippen LogP contribution in [-0.4, -0.2) is 55.7 Å². The SMILES string of the molecule is O=c1[nH]c(=O)n(C2CC2(F)F)cc1[C@@H]1O[C@H](CO)C(O)C1O. The molecule has 1 saturated heterocycles. The number of alkyl halides is 2. The first-order chi connectivity index (χ1) is 10.3. The van der Waals surface area contributed by atoms with E-state index in [1.54, 1.807) is 0 Å². The van der Waals surface area contributed by atoms with Crippen molar-refractivity contribution in [2.45, 2.75) is 42.8 Å². The van der Waals surface area contributed by atoms with Gasteiger partial charge in [0.15, 0.2) is 0 Å². The van der Waals surface area contributed by atoms with Gasteiger partial charge in [-0.05, 0) is 0 Å². The molecule has 0 spiro atoms. The quantitative estimate of drug-likeness (QED) is 0.525. The summed E-state index contributed by atoms with van der Waals surface area (Å²) in [6, 6.07) is -1.35. The zero-order valence-corrected chi connectivity index (χ0v) is 11.1. The van der Waals surface area contributed by atoms with Gasteiger partial charge in [-0.3, -0.25) is 14.3 Å². The lowest BCUT2D eigenvalue weighted by Crippen LogP contribution is -2.36. The maximum Gasteiger partial charge on any atom is 0.328 e. The molecule has 3 unspecified atom stereocenters. The minimum atomic E-state index is -3.03. The van der Waals surface area contributed by atoms with Crippen molar-refractivity contribution in [3.8, 4) is 0 Å². The van der Waals surface area contributed by atoms with Gasteiger partial charge in [0.25, 0.3) is 11.5 Å². The number of H-pyrrole nitrogens is 1. The maximum absolute atomic E-state index is 13.1. The van der Waals surface area contributed by atoms with E-state index in [1.807, 2.05) is 4.98 Å². The summed E-state index contributed by atoms with van der Waals surface area (Å²) in [4.78, 5) is 25.4. The van der Waals surface area contributed by atoms with Crippen LogP contribution >= 0.6 is 0 Å². The predicted molar refractivity (Wildman–Crippen MR) is 66.6 cm³/mol. The van der Waals surface area contributed by atoms with Gasteiger partial charge >= 0.3 is 5.69 Å². The van der Waals surface area contributed by atoms with E-state index >= 15 is 0 Å². The van der Waals surface area contributed by atoms with Crippen LogP contribution in [0.5, 0.6) is 0 Å². The predicted octanol–water partition coefficient (Wildman–Crippen LogP) is -1.73. The molecule has 122 valence electrons. The van der Waals surface area contributed by atoms with Crippen LogP contribution in [0.4, 0.5) is 8.78 Å². The maximum atomic E-state index is 13.1. The van der Waals surface area contributed by atoms with Crippen LogP contribution in [0.1, 0.15) is 24.1 Å². The second kappa shape index (κ2) is 4.95. The number of aromatic amines is 1. The van der Waals surface area contributed by atoms with Crippen molar-refractivity contribution in [1.29, 1.82) is 0 Å². The molecule has 2 aliphatic rings. The average molecular weight is 320 g/mol. The number of aliphatic hydroxyl groups excluding tert-OH is 3. The van der Waals surface area contributed by atoms with Gasteiger partial charge in [0.05, 0.1) is 12.2 Å². The first kappa shape index (κ1) is 15.3. The summed E-state index contributed by atoms with van der Waals surface area (Å²) in [6.45, 7) is -0.590. The summed E-state index contributed by atoms with van der Waals surface area (Å²) in [6.07, 6.45) is -5.00. The van der Waals surface area contributed by atoms with Crippen molar-refractivity contribution in [1.82, 2.24) is 9.55 Å². The summed E-state index contributed by atoms with van der Waals surface area (Å²) in [5.74, 6) is -3.03. The van der Waals surface area contributed by atoms with E-state index in [0.29, 0.717) is 4.57 Å². The van der Waals surface area contributed by atoms with Gasteiger partial charge in [-0.1, -0.05) is 0 Å². The van der Waals surface area contributed by atoms with E-state index < -0.39 is 60.7 Å². The molecular weight excluding hydrogens is 306 g/mol. The van der Waals surface area contributed by atoms with Crippen molar-refractivity contribution in [2.75, 3.05) is 6.61 Å². The lowest BCUT2D eigenvalue weighted by atomic mass is 10.0. The van der Waals surface area contributed by atoms with Crippen molar-refractivity contribution in [3.05, 3.63) is 32.6 Å². The van der Waals surface area contributed by atoms with Crippen LogP contribution in [0, 0.1) is 0 Å². The summed E-state index contributed by atoms with van der Waals surface area (Å²) < 4.78 is 32.1. The summed E-state index contributed by atoms with van der Waals surface area (Å²) >= 11 is 0. The Balaban J connectivity index is 2.00. The van der Waals surface area contributed by atoms with Crippen molar-refractivity contribution in [3.63, 3.8) is 0 Å². The first-order valence-corrected chi connectivity index (χ1v) is 6.62. The van der Waals surface area contributed by atoms with Crippen LogP contribution in [0.15, 0.2) is 15.8 Å². The Morgan fingerprint density at radius 3 is 2.50 bits per heavy atom. The molecule has 0 amide bonds. The van der Waals surface area contributed by atoms with Gasteiger partial charge in [-0.15, -0.1) is 0 Å². The number of nitrogens with zero attached hydrogens (tertiary/aromatic N) is 1. The van der Waals surface area contributed by atoms with Gasteiger partial charge in [0.2, 0.25) is 0 Å². The second-order valence-corrected chi connectivity index (χ2v) is 5.49. The highest BCUT2D eigenvalue weighted by molar-refractivity contribution is 5.16. The molecule has 1 aromatic rings. The fourth-order valence-corrected chi connectivity index (χ4v) is 2.59. The zero-order chi connectivity index (χ0) is 16.2. The minimum Gasteiger partial charge on any atom is -0.394 e. The number of aliphatic hydroxyl groups is 3. The molecule has 0 radical (unpaired) electrons. The third-order valence-corrected chi connectivity index (χ3v) is 3.97. The molecular formula is C12H14F2N2O6. The Labute approximate surface area is 121 Å². The number of hydrogen-bond donors (Lipinski definition) is 4. The van der Waals surface area contributed by atoms with Crippen LogP contribution < -0.4 is 11.2 Å². The molecule has 22 heavy (non-hydrogen) atoms. The van der Waals surface area contributed by atoms with Crippen molar-refractivity contribution < 1.29 is 28.8 Å². The number of nitrogens with one attached hydrogen (secondary N) is 1. The molecule has 1 aliphatic carbocycles. The fourth-order valence-electron chi connectivity index (χ4n) is 2.59. The van der Waals surface area contributed by atoms with Crippen LogP contribution in [-0.2, 0) is 4.74 Å². The largest absolute Gasteiger partial charge is 0.394 e. The topological polar surface area (TPSA) is 125 Å². The molecule has 10 heteroatoms. The molecule has 1 aliphatic heterocycles. The van der Waals surface area contributed by atoms with Crippen LogP contribution in [0.3, 0.4) is 0 Å². The Morgan fingerprint density at radius 1 is 1.36 bits per heavy atom. The van der Waals surface area contributed by atoms with E-state index in [0.717, 1.165) is 6.20 Å². The molecule has 0 bridgehead atoms. The number of halogens is 2. The monoisotopic (exact) mass is 320 g/mol. The van der Waals surface area contributed by atoms with Gasteiger partial charge in [0, 0.05) is 12.6 Å². The minimum absolute atomic E-state index is 0.259.